The summed E-state index contributed by atoms with van der Waals surface area (Å²) in [5.74, 6) is -1.66. The Morgan fingerprint density at radius 3 is 2.50 bits per heavy atom. The van der Waals surface area contributed by atoms with Crippen LogP contribution in [0.25, 0.3) is 5.69 Å². The number of anilines is 1. The van der Waals surface area contributed by atoms with Crippen molar-refractivity contribution in [2.24, 2.45) is 0 Å². The number of carboxylic acids is 1. The minimum atomic E-state index is -1.03. The Kier molecular flexibility index (Phi) is 3.87. The van der Waals surface area contributed by atoms with E-state index < -0.39 is 5.97 Å². The number of benzene rings is 1. The monoisotopic (exact) mass is 326 g/mol. The van der Waals surface area contributed by atoms with Gasteiger partial charge in [0, 0.05) is 30.6 Å². The number of carbonyl (C=O) groups excluding carboxylic acids is 2. The molecule has 0 aliphatic carbocycles. The van der Waals surface area contributed by atoms with Crippen LogP contribution >= 0.6 is 0 Å². The highest BCUT2D eigenvalue weighted by molar-refractivity contribution is 6.03. The smallest absolute Gasteiger partial charge is 0.338 e. The van der Waals surface area contributed by atoms with Gasteiger partial charge in [-0.1, -0.05) is 0 Å². The molecule has 1 aliphatic rings. The van der Waals surface area contributed by atoms with Crippen LogP contribution in [0.3, 0.4) is 0 Å². The van der Waals surface area contributed by atoms with Gasteiger partial charge in [0.15, 0.2) is 0 Å². The molecule has 1 aliphatic heterocycles. The van der Waals surface area contributed by atoms with Crippen LogP contribution < -0.4 is 5.32 Å². The molecule has 0 saturated carbocycles. The van der Waals surface area contributed by atoms with Crippen LogP contribution in [-0.2, 0) is 9.59 Å². The second-order valence-electron chi connectivity index (χ2n) is 5.26. The fourth-order valence-corrected chi connectivity index (χ4v) is 2.32. The number of aromatic carboxylic acids is 1. The number of hydrogen-bond acceptors (Lipinski definition) is 5. The number of nitrogens with zero attached hydrogens (tertiary/aromatic N) is 3. The van der Waals surface area contributed by atoms with Crippen LogP contribution in [0.5, 0.6) is 0 Å². The Morgan fingerprint density at radius 2 is 1.96 bits per heavy atom. The van der Waals surface area contributed by atoms with Gasteiger partial charge in [0.2, 0.25) is 5.91 Å². The Labute approximate surface area is 137 Å². The first-order chi connectivity index (χ1) is 11.4. The minimum absolute atomic E-state index is 0.108. The molecule has 0 unspecified atom stereocenters. The van der Waals surface area contributed by atoms with Gasteiger partial charge in [-0.2, -0.15) is 5.10 Å². The molecule has 122 valence electrons. The molecule has 8 nitrogen and oxygen atoms in total. The molecule has 0 saturated heterocycles. The Balaban J connectivity index is 1.71. The summed E-state index contributed by atoms with van der Waals surface area (Å²) in [7, 11) is 0. The lowest BCUT2D eigenvalue weighted by Gasteiger charge is -2.12. The van der Waals surface area contributed by atoms with Crippen molar-refractivity contribution in [2.75, 3.05) is 11.9 Å². The van der Waals surface area contributed by atoms with Gasteiger partial charge in [0.05, 0.1) is 24.0 Å². The highest BCUT2D eigenvalue weighted by Crippen LogP contribution is 2.18. The first-order valence-electron chi connectivity index (χ1n) is 7.12. The first-order valence-corrected chi connectivity index (χ1v) is 7.12. The number of aromatic nitrogens is 2. The molecule has 0 spiro atoms. The number of amides is 2. The summed E-state index contributed by atoms with van der Waals surface area (Å²) in [6, 6.07) is 7.08. The van der Waals surface area contributed by atoms with Crippen molar-refractivity contribution in [1.82, 2.24) is 14.7 Å². The maximum absolute atomic E-state index is 11.6. The zero-order chi connectivity index (χ0) is 17.3. The highest BCUT2D eigenvalue weighted by atomic mass is 16.4. The van der Waals surface area contributed by atoms with Crippen molar-refractivity contribution in [1.29, 1.82) is 0 Å². The van der Waals surface area contributed by atoms with E-state index in [1.165, 1.54) is 30.1 Å². The number of carbonyl (C=O) groups is 3. The average molecular weight is 326 g/mol. The van der Waals surface area contributed by atoms with Crippen molar-refractivity contribution in [3.63, 3.8) is 0 Å². The van der Waals surface area contributed by atoms with E-state index in [0.717, 1.165) is 10.6 Å². The lowest BCUT2D eigenvalue weighted by atomic mass is 10.2. The van der Waals surface area contributed by atoms with E-state index in [1.54, 1.807) is 24.3 Å². The number of rotatable bonds is 4. The van der Waals surface area contributed by atoms with Crippen LogP contribution in [0.4, 0.5) is 5.69 Å². The summed E-state index contributed by atoms with van der Waals surface area (Å²) < 4.78 is 1.46. The molecule has 0 radical (unpaired) electrons. The zero-order valence-corrected chi connectivity index (χ0v) is 12.8. The summed E-state index contributed by atoms with van der Waals surface area (Å²) in [5, 5.41) is 16.0. The molecule has 0 fully saturated rings. The topological polar surface area (TPSA) is 105 Å². The van der Waals surface area contributed by atoms with Crippen LogP contribution in [0.2, 0.25) is 0 Å². The predicted molar refractivity (Wildman–Crippen MR) is 84.6 cm³/mol. The molecule has 1 aromatic heterocycles. The molecule has 3 rings (SSSR count). The fourth-order valence-electron chi connectivity index (χ4n) is 2.32. The maximum Gasteiger partial charge on any atom is 0.338 e. The third-order valence-corrected chi connectivity index (χ3v) is 3.54. The molecular formula is C16H14N4O4. The van der Waals surface area contributed by atoms with E-state index in [0.29, 0.717) is 11.4 Å². The lowest BCUT2D eigenvalue weighted by molar-refractivity contribution is -0.138. The molecule has 0 atom stereocenters. The van der Waals surface area contributed by atoms with Gasteiger partial charge in [-0.25, -0.2) is 9.48 Å². The largest absolute Gasteiger partial charge is 0.478 e. The van der Waals surface area contributed by atoms with Gasteiger partial charge in [0.1, 0.15) is 0 Å². The molecule has 2 amide bonds. The first kappa shape index (κ1) is 15.5. The Bertz CT molecular complexity index is 851. The van der Waals surface area contributed by atoms with E-state index in [1.807, 2.05) is 0 Å². The molecule has 8 heteroatoms. The molecule has 0 bridgehead atoms. The molecular weight excluding hydrogens is 312 g/mol. The zero-order valence-electron chi connectivity index (χ0n) is 12.8. The molecule has 2 N–H and O–H groups in total. The SMILES string of the molecule is CC(=O)N1CC(Nc2ccc(-n3cc(C(=O)O)cn3)cc2)=CC1=O. The minimum Gasteiger partial charge on any atom is -0.478 e. The van der Waals surface area contributed by atoms with Crippen LogP contribution in [0.15, 0.2) is 48.4 Å². The predicted octanol–water partition coefficient (Wildman–Crippen LogP) is 1.26. The molecule has 1 aromatic carbocycles. The van der Waals surface area contributed by atoms with E-state index in [4.69, 9.17) is 5.11 Å². The number of nitrogens with one attached hydrogen (secondary N) is 1. The van der Waals surface area contributed by atoms with Gasteiger partial charge in [-0.05, 0) is 24.3 Å². The van der Waals surface area contributed by atoms with E-state index >= 15 is 0 Å². The summed E-state index contributed by atoms with van der Waals surface area (Å²) in [6.07, 6.45) is 4.09. The highest BCUT2D eigenvalue weighted by Gasteiger charge is 2.24. The Morgan fingerprint density at radius 1 is 1.25 bits per heavy atom. The van der Waals surface area contributed by atoms with Crippen LogP contribution in [0, 0.1) is 0 Å². The number of imide groups is 1. The van der Waals surface area contributed by atoms with Crippen molar-refractivity contribution in [3.8, 4) is 5.69 Å². The maximum atomic E-state index is 11.6. The van der Waals surface area contributed by atoms with E-state index in [2.05, 4.69) is 10.4 Å². The van der Waals surface area contributed by atoms with Crippen molar-refractivity contribution < 1.29 is 19.5 Å². The summed E-state index contributed by atoms with van der Waals surface area (Å²) >= 11 is 0. The summed E-state index contributed by atoms with van der Waals surface area (Å²) in [4.78, 5) is 35.0. The average Bonchev–Trinajstić information content (AvgIpc) is 3.15. The van der Waals surface area contributed by atoms with Crippen molar-refractivity contribution in [2.45, 2.75) is 6.92 Å². The quantitative estimate of drug-likeness (QED) is 0.876. The Hall–Kier alpha value is -3.42. The van der Waals surface area contributed by atoms with Gasteiger partial charge < -0.3 is 10.4 Å². The van der Waals surface area contributed by atoms with E-state index in [9.17, 15) is 14.4 Å². The lowest BCUT2D eigenvalue weighted by Crippen LogP contribution is -2.31. The van der Waals surface area contributed by atoms with Crippen LogP contribution in [-0.4, -0.2) is 44.1 Å². The number of carboxylic acid groups (broad SMARTS) is 1. The second-order valence-corrected chi connectivity index (χ2v) is 5.26. The van der Waals surface area contributed by atoms with Gasteiger partial charge in [-0.15, -0.1) is 0 Å². The van der Waals surface area contributed by atoms with Gasteiger partial charge >= 0.3 is 5.97 Å². The number of hydrogen-bond donors (Lipinski definition) is 2. The summed E-state index contributed by atoms with van der Waals surface area (Å²) in [5.41, 5.74) is 2.19. The molecule has 2 aromatic rings. The fraction of sp³-hybridized carbons (Fsp3) is 0.125. The van der Waals surface area contributed by atoms with E-state index in [-0.39, 0.29) is 23.9 Å². The molecule has 24 heavy (non-hydrogen) atoms. The van der Waals surface area contributed by atoms with Gasteiger partial charge in [0.25, 0.3) is 5.91 Å². The normalized spacial score (nSPS) is 13.8. The van der Waals surface area contributed by atoms with Gasteiger partial charge in [-0.3, -0.25) is 14.5 Å². The summed E-state index contributed by atoms with van der Waals surface area (Å²) in [6.45, 7) is 1.57. The second kappa shape index (κ2) is 5.99. The third-order valence-electron chi connectivity index (χ3n) is 3.54. The third kappa shape index (κ3) is 3.02. The van der Waals surface area contributed by atoms with Crippen molar-refractivity contribution >= 4 is 23.5 Å². The van der Waals surface area contributed by atoms with Crippen molar-refractivity contribution in [3.05, 3.63) is 54.0 Å². The van der Waals surface area contributed by atoms with Crippen LogP contribution in [0.1, 0.15) is 17.3 Å². The standard InChI is InChI=1S/C16H14N4O4/c1-10(21)19-9-13(6-15(19)22)18-12-2-4-14(5-3-12)20-8-11(7-17-20)16(23)24/h2-8,18H,9H2,1H3,(H,23,24). The molecule has 2 heterocycles.